The van der Waals surface area contributed by atoms with Crippen LogP contribution in [0.1, 0.15) is 18.9 Å². The van der Waals surface area contributed by atoms with Gasteiger partial charge in [0, 0.05) is 32.7 Å². The van der Waals surface area contributed by atoms with Crippen LogP contribution in [-0.4, -0.2) is 64.5 Å². The van der Waals surface area contributed by atoms with Crippen LogP contribution < -0.4 is 10.1 Å². The first-order chi connectivity index (χ1) is 12.7. The summed E-state index contributed by atoms with van der Waals surface area (Å²) in [5.74, 6) is 1.25. The smallest absolute Gasteiger partial charge is 0.194 e. The number of aliphatic imine (C=N–C) groups is 1. The molecule has 8 heteroatoms. The predicted octanol–water partition coefficient (Wildman–Crippen LogP) is 2.90. The molecule has 1 aromatic carbocycles. The summed E-state index contributed by atoms with van der Waals surface area (Å²) in [5, 5.41) is 3.33. The van der Waals surface area contributed by atoms with Crippen molar-refractivity contribution in [2.24, 2.45) is 10.9 Å². The number of ether oxygens (including phenoxy) is 3. The monoisotopic (exact) mass is 495 g/mol. The second-order valence-electron chi connectivity index (χ2n) is 6.31. The lowest BCUT2D eigenvalue weighted by Crippen LogP contribution is -2.40. The van der Waals surface area contributed by atoms with Crippen LogP contribution in [0.25, 0.3) is 0 Å². The van der Waals surface area contributed by atoms with E-state index in [1.54, 1.807) is 13.2 Å². The third kappa shape index (κ3) is 7.79. The minimum atomic E-state index is -0.361. The molecule has 0 amide bonds. The molecule has 1 unspecified atom stereocenters. The number of benzene rings is 1. The van der Waals surface area contributed by atoms with Gasteiger partial charge in [-0.15, -0.1) is 24.0 Å². The first kappa shape index (κ1) is 23.9. The lowest BCUT2D eigenvalue weighted by Gasteiger charge is -2.21. The number of halogens is 2. The zero-order chi connectivity index (χ0) is 18.8. The third-order valence-electron chi connectivity index (χ3n) is 4.33. The Morgan fingerprint density at radius 3 is 2.81 bits per heavy atom. The van der Waals surface area contributed by atoms with E-state index in [1.807, 2.05) is 13.0 Å². The molecule has 0 aromatic heterocycles. The van der Waals surface area contributed by atoms with Crippen molar-refractivity contribution in [3.63, 3.8) is 0 Å². The summed E-state index contributed by atoms with van der Waals surface area (Å²) >= 11 is 0. The predicted molar refractivity (Wildman–Crippen MR) is 116 cm³/mol. The largest absolute Gasteiger partial charge is 0.494 e. The van der Waals surface area contributed by atoms with Gasteiger partial charge in [0.1, 0.15) is 0 Å². The van der Waals surface area contributed by atoms with Gasteiger partial charge in [-0.3, -0.25) is 0 Å². The summed E-state index contributed by atoms with van der Waals surface area (Å²) < 4.78 is 29.4. The number of likely N-dealkylation sites (tertiary alicyclic amines) is 1. The van der Waals surface area contributed by atoms with Gasteiger partial charge in [0.05, 0.1) is 33.5 Å². The minimum absolute atomic E-state index is 0. The van der Waals surface area contributed by atoms with Crippen molar-refractivity contribution < 1.29 is 18.6 Å². The Kier molecular flexibility index (Phi) is 11.6. The van der Waals surface area contributed by atoms with E-state index in [-0.39, 0.29) is 35.5 Å². The quantitative estimate of drug-likeness (QED) is 0.247. The van der Waals surface area contributed by atoms with E-state index >= 15 is 0 Å². The molecule has 2 rings (SSSR count). The summed E-state index contributed by atoms with van der Waals surface area (Å²) in [6.07, 6.45) is 1.08. The molecule has 1 atom stereocenters. The summed E-state index contributed by atoms with van der Waals surface area (Å²) in [7, 11) is 3.14. The van der Waals surface area contributed by atoms with Crippen LogP contribution in [0.2, 0.25) is 0 Å². The molecule has 1 N–H and O–H groups in total. The number of hydrogen-bond acceptors (Lipinski definition) is 4. The SMILES string of the molecule is CCNC(=NCc1ccc(OC)c(F)c1)N1CCC(COCCOC)C1.I. The fourth-order valence-corrected chi connectivity index (χ4v) is 2.95. The van der Waals surface area contributed by atoms with E-state index in [9.17, 15) is 4.39 Å². The molecule has 6 nitrogen and oxygen atoms in total. The molecule has 1 fully saturated rings. The highest BCUT2D eigenvalue weighted by atomic mass is 127. The molecule has 0 spiro atoms. The van der Waals surface area contributed by atoms with Crippen molar-refractivity contribution >= 4 is 29.9 Å². The Hall–Kier alpha value is -1.13. The van der Waals surface area contributed by atoms with Gasteiger partial charge >= 0.3 is 0 Å². The van der Waals surface area contributed by atoms with Gasteiger partial charge in [0.15, 0.2) is 17.5 Å². The number of guanidine groups is 1. The summed E-state index contributed by atoms with van der Waals surface area (Å²) in [5.41, 5.74) is 0.817. The fraction of sp³-hybridized carbons (Fsp3) is 0.632. The Labute approximate surface area is 178 Å². The molecule has 0 radical (unpaired) electrons. The average Bonchev–Trinajstić information content (AvgIpc) is 3.11. The first-order valence-corrected chi connectivity index (χ1v) is 9.10. The van der Waals surface area contributed by atoms with Crippen LogP contribution in [0, 0.1) is 11.7 Å². The molecule has 1 aliphatic rings. The molecule has 27 heavy (non-hydrogen) atoms. The van der Waals surface area contributed by atoms with Crippen LogP contribution in [-0.2, 0) is 16.0 Å². The third-order valence-corrected chi connectivity index (χ3v) is 4.33. The zero-order valence-corrected chi connectivity index (χ0v) is 18.7. The molecule has 0 saturated carbocycles. The van der Waals surface area contributed by atoms with Crippen molar-refractivity contribution in [1.29, 1.82) is 0 Å². The van der Waals surface area contributed by atoms with Crippen LogP contribution >= 0.6 is 24.0 Å². The van der Waals surface area contributed by atoms with Crippen molar-refractivity contribution in [3.05, 3.63) is 29.6 Å². The molecule has 1 aliphatic heterocycles. The number of rotatable bonds is 9. The summed E-state index contributed by atoms with van der Waals surface area (Å²) in [6.45, 7) is 7.11. The van der Waals surface area contributed by atoms with Crippen LogP contribution in [0.5, 0.6) is 5.75 Å². The highest BCUT2D eigenvalue weighted by Crippen LogP contribution is 2.19. The lowest BCUT2D eigenvalue weighted by molar-refractivity contribution is 0.0536. The van der Waals surface area contributed by atoms with E-state index < -0.39 is 0 Å². The average molecular weight is 495 g/mol. The van der Waals surface area contributed by atoms with Gasteiger partial charge in [-0.05, 0) is 31.0 Å². The summed E-state index contributed by atoms with van der Waals surface area (Å²) in [4.78, 5) is 6.91. The van der Waals surface area contributed by atoms with Gasteiger partial charge in [0.25, 0.3) is 0 Å². The highest BCUT2D eigenvalue weighted by Gasteiger charge is 2.24. The highest BCUT2D eigenvalue weighted by molar-refractivity contribution is 14.0. The van der Waals surface area contributed by atoms with Crippen molar-refractivity contribution in [1.82, 2.24) is 10.2 Å². The Morgan fingerprint density at radius 1 is 1.33 bits per heavy atom. The molecule has 1 heterocycles. The summed E-state index contributed by atoms with van der Waals surface area (Å²) in [6, 6.07) is 4.95. The van der Waals surface area contributed by atoms with E-state index in [4.69, 9.17) is 14.2 Å². The number of hydrogen-bond donors (Lipinski definition) is 1. The van der Waals surface area contributed by atoms with Gasteiger partial charge in [-0.1, -0.05) is 6.07 Å². The second kappa shape index (κ2) is 13.1. The lowest BCUT2D eigenvalue weighted by atomic mass is 10.1. The molecule has 0 bridgehead atoms. The second-order valence-corrected chi connectivity index (χ2v) is 6.31. The minimum Gasteiger partial charge on any atom is -0.494 e. The van der Waals surface area contributed by atoms with E-state index in [1.165, 1.54) is 13.2 Å². The Morgan fingerprint density at radius 2 is 2.15 bits per heavy atom. The fourth-order valence-electron chi connectivity index (χ4n) is 2.95. The molecular formula is C19H31FIN3O3. The number of methoxy groups -OCH3 is 2. The standard InChI is InChI=1S/C19H30FN3O3.HI/c1-4-21-19(22-12-15-5-6-18(25-3)17(20)11-15)23-8-7-16(13-23)14-26-10-9-24-2;/h5-6,11,16H,4,7-10,12-14H2,1-3H3,(H,21,22);1H. The van der Waals surface area contributed by atoms with Crippen molar-refractivity contribution in [3.8, 4) is 5.75 Å². The molecule has 1 aromatic rings. The number of nitrogens with one attached hydrogen (secondary N) is 1. The Balaban J connectivity index is 0.00000364. The molecule has 0 aliphatic carbocycles. The topological polar surface area (TPSA) is 55.3 Å². The molecule has 1 saturated heterocycles. The Bertz CT molecular complexity index is 589. The first-order valence-electron chi connectivity index (χ1n) is 9.10. The van der Waals surface area contributed by atoms with E-state index in [2.05, 4.69) is 15.2 Å². The van der Waals surface area contributed by atoms with Gasteiger partial charge in [0.2, 0.25) is 0 Å². The van der Waals surface area contributed by atoms with Crippen LogP contribution in [0.4, 0.5) is 4.39 Å². The maximum absolute atomic E-state index is 13.8. The van der Waals surface area contributed by atoms with Gasteiger partial charge < -0.3 is 24.4 Å². The normalized spacial score (nSPS) is 17.0. The van der Waals surface area contributed by atoms with Crippen molar-refractivity contribution in [2.45, 2.75) is 19.9 Å². The maximum Gasteiger partial charge on any atom is 0.194 e. The zero-order valence-electron chi connectivity index (χ0n) is 16.4. The number of nitrogens with zero attached hydrogens (tertiary/aromatic N) is 2. The van der Waals surface area contributed by atoms with E-state index in [0.29, 0.717) is 25.7 Å². The van der Waals surface area contributed by atoms with Gasteiger partial charge in [-0.25, -0.2) is 9.38 Å². The van der Waals surface area contributed by atoms with Gasteiger partial charge in [-0.2, -0.15) is 0 Å². The van der Waals surface area contributed by atoms with Crippen LogP contribution in [0.15, 0.2) is 23.2 Å². The van der Waals surface area contributed by atoms with E-state index in [0.717, 1.165) is 44.2 Å². The molecular weight excluding hydrogens is 464 g/mol. The van der Waals surface area contributed by atoms with Crippen LogP contribution in [0.3, 0.4) is 0 Å². The molecule has 154 valence electrons. The maximum atomic E-state index is 13.8. The van der Waals surface area contributed by atoms with Crippen molar-refractivity contribution in [2.75, 3.05) is 53.7 Å².